The molecule has 0 aliphatic heterocycles. The van der Waals surface area contributed by atoms with Crippen molar-refractivity contribution in [3.05, 3.63) is 23.3 Å². The molecule has 2 N–H and O–H groups in total. The van der Waals surface area contributed by atoms with Crippen LogP contribution in [0.5, 0.6) is 0 Å². The van der Waals surface area contributed by atoms with Gasteiger partial charge in [0.2, 0.25) is 0 Å². The topological polar surface area (TPSA) is 83.8 Å². The fraction of sp³-hybridized carbons (Fsp3) is 0.812. The standard InChI is InChI=1S/C32H50O5/c1-19(10-9-11-20(2)28(35)36)22-14-17-31(7)23-12-13-25-29(4,5)26(34)15-16-30(25,6)24(23)18-27(32(22,31)8)37-21(3)33/h11,18-19,22-23,25-27,34H,9-10,12-17H2,1-8H3,(H,35,36)/b20-11+/t19-,22-,23-,25?,26-,27+,30-,31+,32+/m1/s1. The van der Waals surface area contributed by atoms with E-state index in [-0.39, 0.29) is 39.8 Å². The Hall–Kier alpha value is -1.62. The number of esters is 1. The van der Waals surface area contributed by atoms with Crippen molar-refractivity contribution in [2.75, 3.05) is 0 Å². The van der Waals surface area contributed by atoms with Crippen LogP contribution < -0.4 is 0 Å². The molecule has 0 aromatic rings. The molecule has 0 amide bonds. The minimum Gasteiger partial charge on any atom is -0.478 e. The van der Waals surface area contributed by atoms with E-state index in [4.69, 9.17) is 4.74 Å². The Kier molecular flexibility index (Phi) is 7.32. The van der Waals surface area contributed by atoms with Gasteiger partial charge in [-0.3, -0.25) is 4.79 Å². The molecule has 0 heterocycles. The van der Waals surface area contributed by atoms with E-state index in [1.165, 1.54) is 12.5 Å². The molecule has 1 unspecified atom stereocenters. The highest BCUT2D eigenvalue weighted by molar-refractivity contribution is 5.85. The fourth-order valence-electron chi connectivity index (χ4n) is 9.86. The molecule has 37 heavy (non-hydrogen) atoms. The summed E-state index contributed by atoms with van der Waals surface area (Å²) in [5, 5.41) is 20.1. The first kappa shape index (κ1) is 28.4. The zero-order chi connectivity index (χ0) is 27.6. The highest BCUT2D eigenvalue weighted by Crippen LogP contribution is 2.73. The van der Waals surface area contributed by atoms with Crippen LogP contribution in [0.25, 0.3) is 0 Å². The average molecular weight is 515 g/mol. The average Bonchev–Trinajstić information content (AvgIpc) is 3.09. The van der Waals surface area contributed by atoms with Gasteiger partial charge in [0.05, 0.1) is 6.10 Å². The van der Waals surface area contributed by atoms with Crippen LogP contribution in [0.1, 0.15) is 107 Å². The van der Waals surface area contributed by atoms with Crippen LogP contribution in [-0.4, -0.2) is 34.4 Å². The van der Waals surface area contributed by atoms with Gasteiger partial charge in [0, 0.05) is 17.9 Å². The molecular weight excluding hydrogens is 464 g/mol. The normalized spacial score (nSPS) is 43.6. The molecule has 9 atom stereocenters. The van der Waals surface area contributed by atoms with Crippen molar-refractivity contribution in [3.8, 4) is 0 Å². The Balaban J connectivity index is 1.73. The Bertz CT molecular complexity index is 993. The molecule has 208 valence electrons. The third kappa shape index (κ3) is 4.22. The van der Waals surface area contributed by atoms with Crippen molar-refractivity contribution in [2.45, 2.75) is 119 Å². The summed E-state index contributed by atoms with van der Waals surface area (Å²) in [6, 6.07) is 0. The number of ether oxygens (including phenoxy) is 1. The van der Waals surface area contributed by atoms with Gasteiger partial charge in [0.15, 0.2) is 0 Å². The van der Waals surface area contributed by atoms with E-state index >= 15 is 0 Å². The molecule has 5 nitrogen and oxygen atoms in total. The Morgan fingerprint density at radius 3 is 2.38 bits per heavy atom. The first-order chi connectivity index (χ1) is 17.1. The molecule has 3 saturated carbocycles. The van der Waals surface area contributed by atoms with Crippen LogP contribution in [-0.2, 0) is 14.3 Å². The number of rotatable bonds is 6. The zero-order valence-electron chi connectivity index (χ0n) is 24.4. The maximum Gasteiger partial charge on any atom is 0.330 e. The third-order valence-corrected chi connectivity index (χ3v) is 12.3. The number of hydrogen-bond acceptors (Lipinski definition) is 4. The van der Waals surface area contributed by atoms with Crippen molar-refractivity contribution in [2.24, 2.45) is 45.3 Å². The lowest BCUT2D eigenvalue weighted by atomic mass is 9.40. The summed E-state index contributed by atoms with van der Waals surface area (Å²) in [5.74, 6) is 0.594. The van der Waals surface area contributed by atoms with E-state index in [0.29, 0.717) is 29.2 Å². The van der Waals surface area contributed by atoms with Gasteiger partial charge in [-0.2, -0.15) is 0 Å². The molecule has 0 spiro atoms. The fourth-order valence-corrected chi connectivity index (χ4v) is 9.86. The maximum absolute atomic E-state index is 12.5. The molecule has 0 saturated heterocycles. The monoisotopic (exact) mass is 514 g/mol. The number of carbonyl (C=O) groups is 2. The minimum absolute atomic E-state index is 0.0112. The van der Waals surface area contributed by atoms with Crippen LogP contribution in [0.3, 0.4) is 0 Å². The Morgan fingerprint density at radius 2 is 1.76 bits per heavy atom. The van der Waals surface area contributed by atoms with Gasteiger partial charge in [-0.25, -0.2) is 4.79 Å². The lowest BCUT2D eigenvalue weighted by Gasteiger charge is -2.65. The summed E-state index contributed by atoms with van der Waals surface area (Å²) in [7, 11) is 0. The van der Waals surface area contributed by atoms with Crippen molar-refractivity contribution >= 4 is 11.9 Å². The van der Waals surface area contributed by atoms with Gasteiger partial charge in [-0.05, 0) is 104 Å². The number of aliphatic hydroxyl groups excluding tert-OH is 1. The highest BCUT2D eigenvalue weighted by Gasteiger charge is 2.68. The quantitative estimate of drug-likeness (QED) is 0.228. The second kappa shape index (κ2) is 9.54. The number of carboxylic acids is 1. The number of fused-ring (bicyclic) bond motifs is 5. The van der Waals surface area contributed by atoms with Crippen LogP contribution >= 0.6 is 0 Å². The van der Waals surface area contributed by atoms with Crippen molar-refractivity contribution < 1.29 is 24.5 Å². The Labute approximate surface area is 224 Å². The van der Waals surface area contributed by atoms with Gasteiger partial charge in [0.1, 0.15) is 6.10 Å². The second-order valence-corrected chi connectivity index (χ2v) is 14.2. The summed E-state index contributed by atoms with van der Waals surface area (Å²) in [4.78, 5) is 23.7. The summed E-state index contributed by atoms with van der Waals surface area (Å²) in [5.41, 5.74) is 1.62. The van der Waals surface area contributed by atoms with Crippen LogP contribution in [0.2, 0.25) is 0 Å². The number of aliphatic hydroxyl groups is 1. The molecule has 3 fully saturated rings. The van der Waals surface area contributed by atoms with E-state index in [0.717, 1.165) is 51.4 Å². The highest BCUT2D eigenvalue weighted by atomic mass is 16.5. The van der Waals surface area contributed by atoms with Gasteiger partial charge >= 0.3 is 11.9 Å². The Morgan fingerprint density at radius 1 is 1.08 bits per heavy atom. The van der Waals surface area contributed by atoms with Crippen LogP contribution in [0.15, 0.2) is 23.3 Å². The van der Waals surface area contributed by atoms with Crippen molar-refractivity contribution in [1.82, 2.24) is 0 Å². The minimum atomic E-state index is -0.851. The zero-order valence-corrected chi connectivity index (χ0v) is 24.4. The molecule has 0 aromatic heterocycles. The number of aliphatic carboxylic acids is 1. The lowest BCUT2D eigenvalue weighted by molar-refractivity contribution is -0.170. The third-order valence-electron chi connectivity index (χ3n) is 12.3. The first-order valence-electron chi connectivity index (χ1n) is 14.6. The summed E-state index contributed by atoms with van der Waals surface area (Å²) >= 11 is 0. The molecule has 0 bridgehead atoms. The second-order valence-electron chi connectivity index (χ2n) is 14.2. The first-order valence-corrected chi connectivity index (χ1v) is 14.6. The van der Waals surface area contributed by atoms with Gasteiger partial charge in [-0.15, -0.1) is 0 Å². The van der Waals surface area contributed by atoms with Crippen molar-refractivity contribution in [1.29, 1.82) is 0 Å². The summed E-state index contributed by atoms with van der Waals surface area (Å²) in [6.45, 7) is 17.2. The SMILES string of the molecule is CC(=O)O[C@H]1C=C2[C@@H](CCC3C(C)(C)[C@H](O)CC[C@]23C)[C@]2(C)CC[C@H]([C@H](C)CC/C=C(\C)C(=O)O)[C@@]12C. The van der Waals surface area contributed by atoms with E-state index in [9.17, 15) is 19.8 Å². The molecule has 5 heteroatoms. The molecule has 4 rings (SSSR count). The van der Waals surface area contributed by atoms with Gasteiger partial charge in [0.25, 0.3) is 0 Å². The number of carboxylic acid groups (broad SMARTS) is 1. The number of carbonyl (C=O) groups excluding carboxylic acids is 1. The molecule has 4 aliphatic carbocycles. The smallest absolute Gasteiger partial charge is 0.330 e. The molecule has 0 radical (unpaired) electrons. The lowest BCUT2D eigenvalue weighted by Crippen LogP contribution is -2.61. The summed E-state index contributed by atoms with van der Waals surface area (Å²) in [6.07, 6.45) is 11.7. The van der Waals surface area contributed by atoms with E-state index in [1.54, 1.807) is 6.92 Å². The largest absolute Gasteiger partial charge is 0.478 e. The molecule has 0 aromatic carbocycles. The van der Waals surface area contributed by atoms with Crippen LogP contribution in [0.4, 0.5) is 0 Å². The van der Waals surface area contributed by atoms with Gasteiger partial charge < -0.3 is 14.9 Å². The van der Waals surface area contributed by atoms with Crippen LogP contribution in [0, 0.1) is 45.3 Å². The summed E-state index contributed by atoms with van der Waals surface area (Å²) < 4.78 is 6.22. The van der Waals surface area contributed by atoms with E-state index in [1.807, 2.05) is 6.08 Å². The van der Waals surface area contributed by atoms with Crippen molar-refractivity contribution in [3.63, 3.8) is 0 Å². The predicted molar refractivity (Wildman–Crippen MR) is 146 cm³/mol. The number of hydrogen-bond donors (Lipinski definition) is 2. The molecule has 4 aliphatic rings. The van der Waals surface area contributed by atoms with E-state index in [2.05, 4.69) is 47.6 Å². The predicted octanol–water partition coefficient (Wildman–Crippen LogP) is 6.94. The van der Waals surface area contributed by atoms with Gasteiger partial charge in [-0.1, -0.05) is 53.2 Å². The van der Waals surface area contributed by atoms with E-state index < -0.39 is 5.97 Å². The maximum atomic E-state index is 12.5. The number of allylic oxidation sites excluding steroid dienone is 2. The molecular formula is C32H50O5.